The highest BCUT2D eigenvalue weighted by Gasteiger charge is 2.17. The van der Waals surface area contributed by atoms with Gasteiger partial charge in [0.2, 0.25) is 0 Å². The van der Waals surface area contributed by atoms with E-state index in [9.17, 15) is 9.59 Å². The molecular formula is C20H24N2O2. The molecule has 24 heavy (non-hydrogen) atoms. The Labute approximate surface area is 143 Å². The van der Waals surface area contributed by atoms with Crippen LogP contribution in [-0.4, -0.2) is 11.8 Å². The van der Waals surface area contributed by atoms with Crippen LogP contribution in [0, 0.1) is 13.8 Å². The Morgan fingerprint density at radius 3 is 1.83 bits per heavy atom. The van der Waals surface area contributed by atoms with Gasteiger partial charge in [-0.15, -0.1) is 0 Å². The van der Waals surface area contributed by atoms with E-state index in [2.05, 4.69) is 10.6 Å². The molecule has 2 rings (SSSR count). The van der Waals surface area contributed by atoms with Crippen molar-refractivity contribution in [3.8, 4) is 0 Å². The van der Waals surface area contributed by atoms with E-state index in [1.807, 2.05) is 64.1 Å². The number of hydrogen-bond acceptors (Lipinski definition) is 2. The van der Waals surface area contributed by atoms with Crippen LogP contribution in [0.3, 0.4) is 0 Å². The third kappa shape index (κ3) is 4.22. The number of amides is 2. The molecule has 0 spiro atoms. The summed E-state index contributed by atoms with van der Waals surface area (Å²) in [6.45, 7) is 7.96. The van der Waals surface area contributed by atoms with E-state index in [-0.39, 0.29) is 0 Å². The molecule has 0 saturated heterocycles. The molecule has 126 valence electrons. The molecule has 2 aromatic carbocycles. The Morgan fingerprint density at radius 2 is 1.33 bits per heavy atom. The first kappa shape index (κ1) is 17.7. The number of para-hydroxylation sites is 1. The minimum atomic E-state index is -0.659. The van der Waals surface area contributed by atoms with Crippen LogP contribution in [0.1, 0.15) is 36.1 Å². The van der Waals surface area contributed by atoms with Gasteiger partial charge < -0.3 is 10.6 Å². The van der Waals surface area contributed by atoms with Gasteiger partial charge in [0.1, 0.15) is 0 Å². The fourth-order valence-electron chi connectivity index (χ4n) is 2.81. The summed E-state index contributed by atoms with van der Waals surface area (Å²) in [5.41, 5.74) is 5.52. The minimum absolute atomic E-state index is 0.632. The molecular weight excluding hydrogens is 300 g/mol. The molecule has 0 aromatic heterocycles. The predicted octanol–water partition coefficient (Wildman–Crippen LogP) is 4.01. The van der Waals surface area contributed by atoms with E-state index in [4.69, 9.17) is 0 Å². The zero-order valence-corrected chi connectivity index (χ0v) is 14.7. The van der Waals surface area contributed by atoms with Gasteiger partial charge in [-0.2, -0.15) is 0 Å². The Morgan fingerprint density at radius 1 is 0.833 bits per heavy atom. The summed E-state index contributed by atoms with van der Waals surface area (Å²) in [4.78, 5) is 24.5. The highest BCUT2D eigenvalue weighted by atomic mass is 16.2. The summed E-state index contributed by atoms with van der Waals surface area (Å²) in [6, 6.07) is 11.6. The summed E-state index contributed by atoms with van der Waals surface area (Å²) in [7, 11) is 0. The maximum atomic E-state index is 12.3. The van der Waals surface area contributed by atoms with Crippen molar-refractivity contribution in [1.29, 1.82) is 0 Å². The highest BCUT2D eigenvalue weighted by molar-refractivity contribution is 6.43. The van der Waals surface area contributed by atoms with Gasteiger partial charge in [0.05, 0.1) is 0 Å². The van der Waals surface area contributed by atoms with Gasteiger partial charge in [-0.1, -0.05) is 38.1 Å². The third-order valence-corrected chi connectivity index (χ3v) is 3.92. The lowest BCUT2D eigenvalue weighted by Crippen LogP contribution is -2.30. The molecule has 2 amide bonds. The van der Waals surface area contributed by atoms with Crippen LogP contribution in [0.4, 0.5) is 11.4 Å². The van der Waals surface area contributed by atoms with Crippen LogP contribution in [0.2, 0.25) is 0 Å². The Kier molecular flexibility index (Phi) is 5.74. The van der Waals surface area contributed by atoms with Crippen molar-refractivity contribution in [1.82, 2.24) is 0 Å². The molecule has 0 saturated carbocycles. The SMILES string of the molecule is CCc1cccc(CC)c1NC(=O)C(=O)Nc1cc(C)cc(C)c1. The number of aryl methyl sites for hydroxylation is 4. The quantitative estimate of drug-likeness (QED) is 0.835. The number of benzene rings is 2. The topological polar surface area (TPSA) is 58.2 Å². The van der Waals surface area contributed by atoms with Gasteiger partial charge in [0.15, 0.2) is 0 Å². The Hall–Kier alpha value is -2.62. The molecule has 0 bridgehead atoms. The summed E-state index contributed by atoms with van der Waals surface area (Å²) in [6.07, 6.45) is 1.59. The van der Waals surface area contributed by atoms with Crippen molar-refractivity contribution < 1.29 is 9.59 Å². The predicted molar refractivity (Wildman–Crippen MR) is 98.4 cm³/mol. The van der Waals surface area contributed by atoms with Crippen LogP contribution < -0.4 is 10.6 Å². The van der Waals surface area contributed by atoms with Gasteiger partial charge in [0.25, 0.3) is 0 Å². The summed E-state index contributed by atoms with van der Waals surface area (Å²) in [5.74, 6) is -1.31. The van der Waals surface area contributed by atoms with Gasteiger partial charge in [-0.3, -0.25) is 9.59 Å². The van der Waals surface area contributed by atoms with E-state index in [1.54, 1.807) is 0 Å². The van der Waals surface area contributed by atoms with Crippen LogP contribution >= 0.6 is 0 Å². The van der Waals surface area contributed by atoms with Crippen LogP contribution in [-0.2, 0) is 22.4 Å². The molecule has 0 aliphatic carbocycles. The summed E-state index contributed by atoms with van der Waals surface area (Å²) in [5, 5.41) is 5.45. The van der Waals surface area contributed by atoms with Crippen LogP contribution in [0.5, 0.6) is 0 Å². The van der Waals surface area contributed by atoms with E-state index >= 15 is 0 Å². The molecule has 2 aromatic rings. The standard InChI is InChI=1S/C20H24N2O2/c1-5-15-8-7-9-16(6-2)18(15)22-20(24)19(23)21-17-11-13(3)10-14(4)12-17/h7-12H,5-6H2,1-4H3,(H,21,23)(H,22,24). The molecule has 0 aliphatic rings. The second-order valence-corrected chi connectivity index (χ2v) is 5.94. The van der Waals surface area contributed by atoms with E-state index in [0.29, 0.717) is 5.69 Å². The lowest BCUT2D eigenvalue weighted by Gasteiger charge is -2.14. The number of anilines is 2. The van der Waals surface area contributed by atoms with Gasteiger partial charge in [-0.25, -0.2) is 0 Å². The third-order valence-electron chi connectivity index (χ3n) is 3.92. The van der Waals surface area contributed by atoms with Crippen molar-refractivity contribution >= 4 is 23.2 Å². The largest absolute Gasteiger partial charge is 0.318 e. The van der Waals surface area contributed by atoms with Crippen molar-refractivity contribution in [2.45, 2.75) is 40.5 Å². The van der Waals surface area contributed by atoms with Gasteiger partial charge >= 0.3 is 11.8 Å². The fraction of sp³-hybridized carbons (Fsp3) is 0.300. The van der Waals surface area contributed by atoms with Crippen molar-refractivity contribution in [2.75, 3.05) is 10.6 Å². The number of carbonyl (C=O) groups excluding carboxylic acids is 2. The second-order valence-electron chi connectivity index (χ2n) is 5.94. The zero-order valence-electron chi connectivity index (χ0n) is 14.7. The molecule has 0 radical (unpaired) electrons. The molecule has 0 heterocycles. The molecule has 0 fully saturated rings. The number of nitrogens with one attached hydrogen (secondary N) is 2. The molecule has 0 aliphatic heterocycles. The average molecular weight is 324 g/mol. The van der Waals surface area contributed by atoms with Gasteiger partial charge in [0, 0.05) is 11.4 Å². The second kappa shape index (κ2) is 7.77. The van der Waals surface area contributed by atoms with E-state index in [1.165, 1.54) is 0 Å². The summed E-state index contributed by atoms with van der Waals surface area (Å²) < 4.78 is 0. The van der Waals surface area contributed by atoms with E-state index in [0.717, 1.165) is 40.8 Å². The number of hydrogen-bond donors (Lipinski definition) is 2. The fourth-order valence-corrected chi connectivity index (χ4v) is 2.81. The van der Waals surface area contributed by atoms with Gasteiger partial charge in [-0.05, 0) is 61.1 Å². The molecule has 2 N–H and O–H groups in total. The van der Waals surface area contributed by atoms with Crippen LogP contribution in [0.25, 0.3) is 0 Å². The Bertz CT molecular complexity index is 724. The Balaban J connectivity index is 2.16. The number of carbonyl (C=O) groups is 2. The van der Waals surface area contributed by atoms with Crippen molar-refractivity contribution in [2.24, 2.45) is 0 Å². The lowest BCUT2D eigenvalue weighted by molar-refractivity contribution is -0.133. The van der Waals surface area contributed by atoms with Crippen molar-refractivity contribution in [3.05, 3.63) is 58.7 Å². The highest BCUT2D eigenvalue weighted by Crippen LogP contribution is 2.22. The number of rotatable bonds is 4. The first-order chi connectivity index (χ1) is 11.4. The molecule has 4 heteroatoms. The minimum Gasteiger partial charge on any atom is -0.318 e. The molecule has 0 atom stereocenters. The monoisotopic (exact) mass is 324 g/mol. The normalized spacial score (nSPS) is 10.3. The molecule has 4 nitrogen and oxygen atoms in total. The maximum absolute atomic E-state index is 12.3. The van der Waals surface area contributed by atoms with E-state index < -0.39 is 11.8 Å². The smallest absolute Gasteiger partial charge is 0.314 e. The average Bonchev–Trinajstić information content (AvgIpc) is 2.53. The zero-order chi connectivity index (χ0) is 17.7. The summed E-state index contributed by atoms with van der Waals surface area (Å²) >= 11 is 0. The first-order valence-corrected chi connectivity index (χ1v) is 8.26. The van der Waals surface area contributed by atoms with Crippen LogP contribution in [0.15, 0.2) is 36.4 Å². The molecule has 0 unspecified atom stereocenters. The first-order valence-electron chi connectivity index (χ1n) is 8.26. The van der Waals surface area contributed by atoms with Crippen molar-refractivity contribution in [3.63, 3.8) is 0 Å². The maximum Gasteiger partial charge on any atom is 0.314 e. The lowest BCUT2D eigenvalue weighted by atomic mass is 10.0.